The maximum Gasteiger partial charge on any atom is 0.236 e. The largest absolute Gasteiger partial charge is 0.305 e. The Bertz CT molecular complexity index is 361. The molecule has 0 atom stereocenters. The highest BCUT2D eigenvalue weighted by Crippen LogP contribution is 2.11. The molecule has 0 bridgehead atoms. The van der Waals surface area contributed by atoms with Crippen molar-refractivity contribution in [3.8, 4) is 0 Å². The van der Waals surface area contributed by atoms with E-state index in [4.69, 9.17) is 0 Å². The third-order valence-corrected chi connectivity index (χ3v) is 2.92. The number of amidine groups is 1. The summed E-state index contributed by atoms with van der Waals surface area (Å²) in [5.74, 6) is 0.214. The number of amides is 1. The van der Waals surface area contributed by atoms with Crippen LogP contribution in [0.25, 0.3) is 0 Å². The highest BCUT2D eigenvalue weighted by atomic mass is 32.2. The Kier molecular flexibility index (Phi) is 5.25. The smallest absolute Gasteiger partial charge is 0.236 e. The van der Waals surface area contributed by atoms with Gasteiger partial charge in [0.1, 0.15) is 5.83 Å². The maximum atomic E-state index is 12.8. The molecule has 0 aromatic heterocycles. The lowest BCUT2D eigenvalue weighted by atomic mass is 10.2. The molecule has 1 aliphatic rings. The number of carbonyl (C=O) groups is 1. The van der Waals surface area contributed by atoms with E-state index in [0.717, 1.165) is 5.57 Å². The molecule has 88 valence electrons. The summed E-state index contributed by atoms with van der Waals surface area (Å²) in [5.41, 5.74) is 0.939. The van der Waals surface area contributed by atoms with Gasteiger partial charge in [0, 0.05) is 6.54 Å². The first kappa shape index (κ1) is 13.0. The summed E-state index contributed by atoms with van der Waals surface area (Å²) >= 11 is 1.40. The number of nitrogens with one attached hydrogen (secondary N) is 1. The van der Waals surface area contributed by atoms with Crippen LogP contribution in [0.3, 0.4) is 0 Å². The van der Waals surface area contributed by atoms with Crippen molar-refractivity contribution in [1.29, 1.82) is 0 Å². The monoisotopic (exact) mass is 242 g/mol. The second kappa shape index (κ2) is 6.48. The third kappa shape index (κ3) is 4.61. The number of allylic oxidation sites excluding steroid dienone is 3. The van der Waals surface area contributed by atoms with Gasteiger partial charge >= 0.3 is 0 Å². The molecule has 0 radical (unpaired) electrons. The van der Waals surface area contributed by atoms with E-state index in [9.17, 15) is 9.18 Å². The standard InChI is InChI=1S/C11H15FN2OS/c1-3-9(12)6-8(2)4-5-13-11-14-10(15)7-16-11/h3,6H,4-5,7H2,1-2H3,(H,13,14,15)/b8-6+,9-3+. The minimum absolute atomic E-state index is 0.00373. The number of hydrogen-bond acceptors (Lipinski definition) is 3. The van der Waals surface area contributed by atoms with Gasteiger partial charge in [0.05, 0.1) is 5.75 Å². The molecule has 3 nitrogen and oxygen atoms in total. The van der Waals surface area contributed by atoms with E-state index in [-0.39, 0.29) is 11.7 Å². The molecule has 0 aliphatic carbocycles. The van der Waals surface area contributed by atoms with E-state index in [2.05, 4.69) is 10.3 Å². The molecular weight excluding hydrogens is 227 g/mol. The molecule has 0 aromatic carbocycles. The van der Waals surface area contributed by atoms with Crippen molar-refractivity contribution in [3.63, 3.8) is 0 Å². The van der Waals surface area contributed by atoms with Crippen LogP contribution in [-0.4, -0.2) is 23.4 Å². The summed E-state index contributed by atoms with van der Waals surface area (Å²) in [7, 11) is 0. The summed E-state index contributed by atoms with van der Waals surface area (Å²) in [6.45, 7) is 4.09. The molecule has 1 aliphatic heterocycles. The molecule has 1 fully saturated rings. The lowest BCUT2D eigenvalue weighted by Gasteiger charge is -1.98. The number of rotatable bonds is 4. The SMILES string of the molecule is C/C=C(F)\C=C(/C)CCN=C1NC(=O)CS1. The fourth-order valence-corrected chi connectivity index (χ4v) is 1.84. The van der Waals surface area contributed by atoms with Crippen molar-refractivity contribution in [2.45, 2.75) is 20.3 Å². The molecule has 0 aromatic rings. The molecule has 1 N–H and O–H groups in total. The topological polar surface area (TPSA) is 41.5 Å². The van der Waals surface area contributed by atoms with Gasteiger partial charge in [-0.15, -0.1) is 0 Å². The Morgan fingerprint density at radius 2 is 2.44 bits per heavy atom. The minimum atomic E-state index is -0.228. The molecule has 0 saturated carbocycles. The van der Waals surface area contributed by atoms with Crippen LogP contribution in [0.5, 0.6) is 0 Å². The van der Waals surface area contributed by atoms with Gasteiger partial charge in [-0.3, -0.25) is 9.79 Å². The first-order valence-electron chi connectivity index (χ1n) is 5.08. The molecule has 1 amide bonds. The zero-order valence-corrected chi connectivity index (χ0v) is 10.2. The molecule has 1 saturated heterocycles. The van der Waals surface area contributed by atoms with Crippen LogP contribution in [0.2, 0.25) is 0 Å². The molecule has 0 unspecified atom stereocenters. The van der Waals surface area contributed by atoms with Crippen molar-refractivity contribution in [3.05, 3.63) is 23.6 Å². The van der Waals surface area contributed by atoms with Gasteiger partial charge in [0.2, 0.25) is 5.91 Å². The first-order valence-corrected chi connectivity index (χ1v) is 6.06. The molecule has 16 heavy (non-hydrogen) atoms. The molecule has 0 spiro atoms. The molecule has 5 heteroatoms. The van der Waals surface area contributed by atoms with Crippen LogP contribution >= 0.6 is 11.8 Å². The van der Waals surface area contributed by atoms with Crippen molar-refractivity contribution >= 4 is 22.8 Å². The summed E-state index contributed by atoms with van der Waals surface area (Å²) in [4.78, 5) is 15.1. The quantitative estimate of drug-likeness (QED) is 0.769. The third-order valence-electron chi connectivity index (χ3n) is 2.01. The Morgan fingerprint density at radius 1 is 1.69 bits per heavy atom. The summed E-state index contributed by atoms with van der Waals surface area (Å²) in [6.07, 6.45) is 3.62. The van der Waals surface area contributed by atoms with Crippen LogP contribution in [0.1, 0.15) is 20.3 Å². The van der Waals surface area contributed by atoms with Gasteiger partial charge in [0.15, 0.2) is 5.17 Å². The lowest BCUT2D eigenvalue weighted by Crippen LogP contribution is -2.20. The van der Waals surface area contributed by atoms with E-state index in [1.165, 1.54) is 23.9 Å². The fraction of sp³-hybridized carbons (Fsp3) is 0.455. The first-order chi connectivity index (χ1) is 7.61. The second-order valence-corrected chi connectivity index (χ2v) is 4.40. The van der Waals surface area contributed by atoms with E-state index < -0.39 is 0 Å². The van der Waals surface area contributed by atoms with Crippen molar-refractivity contribution < 1.29 is 9.18 Å². The number of thioether (sulfide) groups is 1. The van der Waals surface area contributed by atoms with Gasteiger partial charge in [0.25, 0.3) is 0 Å². The van der Waals surface area contributed by atoms with Gasteiger partial charge < -0.3 is 5.32 Å². The number of nitrogens with zero attached hydrogens (tertiary/aromatic N) is 1. The number of aliphatic imine (C=N–C) groups is 1. The van der Waals surface area contributed by atoms with Crippen LogP contribution in [0, 0.1) is 0 Å². The Morgan fingerprint density at radius 3 is 3.00 bits per heavy atom. The summed E-state index contributed by atoms with van der Waals surface area (Å²) in [6, 6.07) is 0. The molecule has 1 heterocycles. The number of hydrogen-bond donors (Lipinski definition) is 1. The fourth-order valence-electron chi connectivity index (χ4n) is 1.14. The normalized spacial score (nSPS) is 20.4. The average Bonchev–Trinajstić information content (AvgIpc) is 2.64. The average molecular weight is 242 g/mol. The summed E-state index contributed by atoms with van der Waals surface area (Å²) < 4.78 is 12.8. The minimum Gasteiger partial charge on any atom is -0.305 e. The van der Waals surface area contributed by atoms with Crippen molar-refractivity contribution in [1.82, 2.24) is 5.32 Å². The Labute approximate surface area is 98.9 Å². The van der Waals surface area contributed by atoms with E-state index in [1.54, 1.807) is 6.92 Å². The van der Waals surface area contributed by atoms with Crippen molar-refractivity contribution in [2.75, 3.05) is 12.3 Å². The van der Waals surface area contributed by atoms with Gasteiger partial charge in [-0.05, 0) is 26.3 Å². The van der Waals surface area contributed by atoms with Gasteiger partial charge in [-0.2, -0.15) is 0 Å². The highest BCUT2D eigenvalue weighted by molar-refractivity contribution is 8.15. The zero-order chi connectivity index (χ0) is 12.0. The zero-order valence-electron chi connectivity index (χ0n) is 9.42. The van der Waals surface area contributed by atoms with E-state index in [1.807, 2.05) is 6.92 Å². The maximum absolute atomic E-state index is 12.8. The second-order valence-electron chi connectivity index (χ2n) is 3.44. The van der Waals surface area contributed by atoms with Crippen LogP contribution in [0.4, 0.5) is 4.39 Å². The Hall–Kier alpha value is -1.10. The summed E-state index contributed by atoms with van der Waals surface area (Å²) in [5, 5.41) is 3.32. The Balaban J connectivity index is 2.35. The predicted octanol–water partition coefficient (Wildman–Crippen LogP) is 2.42. The number of halogens is 1. The number of carbonyl (C=O) groups excluding carboxylic acids is 1. The van der Waals surface area contributed by atoms with Gasteiger partial charge in [-0.25, -0.2) is 4.39 Å². The predicted molar refractivity (Wildman–Crippen MR) is 66.1 cm³/mol. The van der Waals surface area contributed by atoms with Crippen LogP contribution < -0.4 is 5.32 Å². The van der Waals surface area contributed by atoms with E-state index in [0.29, 0.717) is 23.9 Å². The van der Waals surface area contributed by atoms with Crippen LogP contribution in [0.15, 0.2) is 28.5 Å². The molecular formula is C11H15FN2OS. The van der Waals surface area contributed by atoms with Gasteiger partial charge in [-0.1, -0.05) is 23.4 Å². The lowest BCUT2D eigenvalue weighted by molar-refractivity contribution is -0.116. The van der Waals surface area contributed by atoms with E-state index >= 15 is 0 Å². The molecule has 1 rings (SSSR count). The van der Waals surface area contributed by atoms with Crippen molar-refractivity contribution in [2.24, 2.45) is 4.99 Å². The highest BCUT2D eigenvalue weighted by Gasteiger charge is 2.15. The van der Waals surface area contributed by atoms with Crippen LogP contribution in [-0.2, 0) is 4.79 Å².